The number of hydrogen-bond donors (Lipinski definition) is 1. The van der Waals surface area contributed by atoms with Gasteiger partial charge in [-0.3, -0.25) is 14.5 Å². The van der Waals surface area contributed by atoms with Crippen LogP contribution in [-0.2, 0) is 16.0 Å². The zero-order valence-electron chi connectivity index (χ0n) is 18.9. The maximum atomic E-state index is 13.8. The molecule has 4 aromatic rings. The molecule has 0 radical (unpaired) electrons. The smallest absolute Gasteiger partial charge is 0.301 e. The number of carbonyl (C=O) groups is 2. The molecule has 1 saturated heterocycles. The van der Waals surface area contributed by atoms with Crippen LogP contribution in [0.4, 0.5) is 13.9 Å². The van der Waals surface area contributed by atoms with E-state index in [0.717, 1.165) is 16.9 Å². The predicted molar refractivity (Wildman–Crippen MR) is 131 cm³/mol. The number of carbonyl (C=O) groups excluding carboxylic acids is 2. The number of nitrogens with zero attached hydrogens (tertiary/aromatic N) is 2. The highest BCUT2D eigenvalue weighted by molar-refractivity contribution is 7.22. The van der Waals surface area contributed by atoms with Crippen LogP contribution in [0.5, 0.6) is 5.75 Å². The minimum Gasteiger partial charge on any atom is -0.507 e. The Kier molecular flexibility index (Phi) is 5.11. The van der Waals surface area contributed by atoms with Crippen molar-refractivity contribution in [2.24, 2.45) is 0 Å². The molecule has 2 unspecified atom stereocenters. The van der Waals surface area contributed by atoms with Crippen molar-refractivity contribution in [1.29, 1.82) is 0 Å². The molecule has 2 aliphatic rings. The van der Waals surface area contributed by atoms with Gasteiger partial charge < -0.3 is 9.84 Å². The second-order valence-electron chi connectivity index (χ2n) is 8.78. The monoisotopic (exact) mass is 504 g/mol. The van der Waals surface area contributed by atoms with E-state index in [-0.39, 0.29) is 22.6 Å². The Morgan fingerprint density at radius 3 is 2.58 bits per heavy atom. The molecular formula is C27H18F2N2O4S. The Bertz CT molecular complexity index is 1600. The van der Waals surface area contributed by atoms with E-state index in [9.17, 15) is 23.5 Å². The number of aliphatic hydroxyl groups is 1. The minimum absolute atomic E-state index is 0.00827. The highest BCUT2D eigenvalue weighted by atomic mass is 32.1. The molecule has 0 aliphatic carbocycles. The van der Waals surface area contributed by atoms with Crippen LogP contribution in [0.15, 0.2) is 66.2 Å². The second kappa shape index (κ2) is 8.23. The van der Waals surface area contributed by atoms with Crippen LogP contribution >= 0.6 is 11.3 Å². The van der Waals surface area contributed by atoms with E-state index in [1.807, 2.05) is 6.92 Å². The molecule has 3 aromatic carbocycles. The van der Waals surface area contributed by atoms with E-state index >= 15 is 0 Å². The lowest BCUT2D eigenvalue weighted by molar-refractivity contribution is -0.132. The average Bonchev–Trinajstić information content (AvgIpc) is 3.51. The number of halogens is 2. The van der Waals surface area contributed by atoms with Gasteiger partial charge in [0.25, 0.3) is 5.78 Å². The number of ether oxygens (including phenoxy) is 1. The summed E-state index contributed by atoms with van der Waals surface area (Å²) >= 11 is 1.05. The number of rotatable bonds is 3. The number of anilines is 1. The van der Waals surface area contributed by atoms with Gasteiger partial charge in [0, 0.05) is 12.0 Å². The van der Waals surface area contributed by atoms with Crippen molar-refractivity contribution in [3.05, 3.63) is 94.6 Å². The first-order valence-electron chi connectivity index (χ1n) is 11.2. The van der Waals surface area contributed by atoms with Gasteiger partial charge in [0.05, 0.1) is 21.8 Å². The maximum Gasteiger partial charge on any atom is 0.301 e. The van der Waals surface area contributed by atoms with Crippen LogP contribution < -0.4 is 9.64 Å². The zero-order chi connectivity index (χ0) is 25.1. The van der Waals surface area contributed by atoms with Crippen LogP contribution in [0.25, 0.3) is 16.0 Å². The molecule has 0 spiro atoms. The van der Waals surface area contributed by atoms with Gasteiger partial charge in [0.1, 0.15) is 29.2 Å². The normalized spacial score (nSPS) is 20.7. The highest BCUT2D eigenvalue weighted by Crippen LogP contribution is 2.45. The lowest BCUT2D eigenvalue weighted by Crippen LogP contribution is -2.29. The van der Waals surface area contributed by atoms with Crippen molar-refractivity contribution in [2.75, 3.05) is 4.90 Å². The van der Waals surface area contributed by atoms with E-state index in [4.69, 9.17) is 4.74 Å². The van der Waals surface area contributed by atoms with Gasteiger partial charge in [-0.25, -0.2) is 13.8 Å². The second-order valence-corrected chi connectivity index (χ2v) is 9.79. The van der Waals surface area contributed by atoms with E-state index < -0.39 is 29.4 Å². The molecule has 2 aliphatic heterocycles. The van der Waals surface area contributed by atoms with Gasteiger partial charge in [0.15, 0.2) is 5.13 Å². The fourth-order valence-corrected chi connectivity index (χ4v) is 5.72. The number of Topliss-reactive ketones (excluding diaryl/α,β-unsaturated/α-hetero) is 1. The average molecular weight is 505 g/mol. The van der Waals surface area contributed by atoms with Gasteiger partial charge in [-0.2, -0.15) is 0 Å². The van der Waals surface area contributed by atoms with Crippen molar-refractivity contribution < 1.29 is 28.2 Å². The van der Waals surface area contributed by atoms with Crippen LogP contribution in [-0.4, -0.2) is 27.9 Å². The Morgan fingerprint density at radius 2 is 1.81 bits per heavy atom. The molecule has 9 heteroatoms. The Morgan fingerprint density at radius 1 is 1.06 bits per heavy atom. The third-order valence-electron chi connectivity index (χ3n) is 6.34. The SMILES string of the molecule is CC1Cc2cc(/C(O)=C3\C(=O)C(=O)N(c4nc5ccc(F)cc5s4)C3c3ccc(F)cc3)ccc2O1. The van der Waals surface area contributed by atoms with Crippen molar-refractivity contribution in [3.8, 4) is 5.75 Å². The Hall–Kier alpha value is -4.11. The first-order chi connectivity index (χ1) is 17.3. The molecular weight excluding hydrogens is 486 g/mol. The molecule has 0 bridgehead atoms. The summed E-state index contributed by atoms with van der Waals surface area (Å²) in [5.74, 6) is -2.36. The molecule has 180 valence electrons. The summed E-state index contributed by atoms with van der Waals surface area (Å²) < 4.78 is 33.7. The largest absolute Gasteiger partial charge is 0.507 e. The standard InChI is InChI=1S/C27H18F2N2O4S/c1-13-10-16-11-15(4-9-20(16)35-13)24(32)22-23(14-2-5-17(28)6-3-14)31(26(34)25(22)33)27-30-19-8-7-18(29)12-21(19)36-27/h2-9,11-13,23,32H,10H2,1H3/b24-22+. The molecule has 36 heavy (non-hydrogen) atoms. The third kappa shape index (κ3) is 3.54. The van der Waals surface area contributed by atoms with E-state index in [1.165, 1.54) is 47.4 Å². The number of amides is 1. The zero-order valence-corrected chi connectivity index (χ0v) is 19.7. The quantitative estimate of drug-likeness (QED) is 0.226. The molecule has 6 nitrogen and oxygen atoms in total. The number of aromatic nitrogens is 1. The molecule has 3 heterocycles. The maximum absolute atomic E-state index is 13.8. The molecule has 0 saturated carbocycles. The van der Waals surface area contributed by atoms with Gasteiger partial charge in [0.2, 0.25) is 0 Å². The minimum atomic E-state index is -1.06. The van der Waals surface area contributed by atoms with Crippen molar-refractivity contribution in [1.82, 2.24) is 4.98 Å². The highest BCUT2D eigenvalue weighted by Gasteiger charge is 2.48. The van der Waals surface area contributed by atoms with Crippen molar-refractivity contribution in [2.45, 2.75) is 25.5 Å². The summed E-state index contributed by atoms with van der Waals surface area (Å²) in [6.45, 7) is 1.93. The number of hydrogen-bond acceptors (Lipinski definition) is 6. The molecule has 1 N–H and O–H groups in total. The van der Waals surface area contributed by atoms with Crippen LogP contribution in [0, 0.1) is 11.6 Å². The third-order valence-corrected chi connectivity index (χ3v) is 7.36. The number of benzene rings is 3. The van der Waals surface area contributed by atoms with E-state index in [1.54, 1.807) is 18.2 Å². The molecule has 1 amide bonds. The Labute approximate surface area is 208 Å². The molecule has 2 atom stereocenters. The number of fused-ring (bicyclic) bond motifs is 2. The van der Waals surface area contributed by atoms with Crippen LogP contribution in [0.3, 0.4) is 0 Å². The Balaban J connectivity index is 1.53. The van der Waals surface area contributed by atoms with Gasteiger partial charge >= 0.3 is 5.91 Å². The summed E-state index contributed by atoms with van der Waals surface area (Å²) in [6.07, 6.45) is 0.639. The number of thiazole rings is 1. The van der Waals surface area contributed by atoms with Crippen molar-refractivity contribution >= 4 is 44.1 Å². The summed E-state index contributed by atoms with van der Waals surface area (Å²) in [5, 5.41) is 11.5. The van der Waals surface area contributed by atoms with Crippen molar-refractivity contribution in [3.63, 3.8) is 0 Å². The van der Waals surface area contributed by atoms with E-state index in [0.29, 0.717) is 33.5 Å². The fourth-order valence-electron chi connectivity index (χ4n) is 4.70. The lowest BCUT2D eigenvalue weighted by atomic mass is 9.94. The summed E-state index contributed by atoms with van der Waals surface area (Å²) in [5.41, 5.74) is 1.99. The van der Waals surface area contributed by atoms with Gasteiger partial charge in [-0.1, -0.05) is 23.5 Å². The molecule has 1 aromatic heterocycles. The predicted octanol–water partition coefficient (Wildman–Crippen LogP) is 5.52. The molecule has 1 fully saturated rings. The number of aliphatic hydroxyl groups excluding tert-OH is 1. The summed E-state index contributed by atoms with van der Waals surface area (Å²) in [7, 11) is 0. The van der Waals surface area contributed by atoms with Crippen LogP contribution in [0.2, 0.25) is 0 Å². The van der Waals surface area contributed by atoms with Gasteiger partial charge in [-0.05, 0) is 66.6 Å². The first kappa shape index (κ1) is 22.4. The summed E-state index contributed by atoms with van der Waals surface area (Å²) in [6, 6.07) is 13.4. The first-order valence-corrected chi connectivity index (χ1v) is 12.0. The topological polar surface area (TPSA) is 79.7 Å². The van der Waals surface area contributed by atoms with Crippen LogP contribution in [0.1, 0.15) is 29.7 Å². The van der Waals surface area contributed by atoms with Gasteiger partial charge in [-0.15, -0.1) is 0 Å². The molecule has 6 rings (SSSR count). The van der Waals surface area contributed by atoms with E-state index in [2.05, 4.69) is 4.98 Å². The summed E-state index contributed by atoms with van der Waals surface area (Å²) in [4.78, 5) is 32.3. The fraction of sp³-hybridized carbons (Fsp3) is 0.148. The number of ketones is 1. The lowest BCUT2D eigenvalue weighted by Gasteiger charge is -2.23.